The molecular formula is C23H29N3. The van der Waals surface area contributed by atoms with Crippen LogP contribution in [0.4, 0.5) is 0 Å². The van der Waals surface area contributed by atoms with Gasteiger partial charge in [-0.25, -0.2) is 4.52 Å². The van der Waals surface area contributed by atoms with E-state index >= 15 is 0 Å². The molecule has 1 aliphatic heterocycles. The molecule has 3 nitrogen and oxygen atoms in total. The van der Waals surface area contributed by atoms with E-state index in [1.54, 1.807) is 0 Å². The number of aromatic nitrogens is 3. The van der Waals surface area contributed by atoms with E-state index in [1.807, 2.05) is 0 Å². The third-order valence-corrected chi connectivity index (χ3v) is 6.51. The van der Waals surface area contributed by atoms with Gasteiger partial charge in [0.1, 0.15) is 11.5 Å². The van der Waals surface area contributed by atoms with Gasteiger partial charge < -0.3 is 4.57 Å². The monoisotopic (exact) mass is 347 g/mol. The molecule has 1 aromatic carbocycles. The molecule has 0 N–H and O–H groups in total. The Morgan fingerprint density at radius 2 is 1.81 bits per heavy atom. The van der Waals surface area contributed by atoms with E-state index < -0.39 is 0 Å². The van der Waals surface area contributed by atoms with E-state index in [2.05, 4.69) is 46.5 Å². The molecule has 0 bridgehead atoms. The van der Waals surface area contributed by atoms with E-state index in [0.717, 1.165) is 13.0 Å². The van der Waals surface area contributed by atoms with E-state index in [-0.39, 0.29) is 0 Å². The topological polar surface area (TPSA) is 22.2 Å². The summed E-state index contributed by atoms with van der Waals surface area (Å²) in [5, 5.41) is 5.11. The van der Waals surface area contributed by atoms with Crippen LogP contribution in [0.15, 0.2) is 30.5 Å². The van der Waals surface area contributed by atoms with Gasteiger partial charge in [0.25, 0.3) is 0 Å². The Labute approximate surface area is 156 Å². The fraction of sp³-hybridized carbons (Fsp3) is 0.522. The lowest BCUT2D eigenvalue weighted by Gasteiger charge is -2.21. The molecule has 0 spiro atoms. The first-order valence-electron chi connectivity index (χ1n) is 10.5. The van der Waals surface area contributed by atoms with Gasteiger partial charge in [0, 0.05) is 29.8 Å². The smallest absolute Gasteiger partial charge is 0.139 e. The van der Waals surface area contributed by atoms with Gasteiger partial charge in [0.15, 0.2) is 0 Å². The first kappa shape index (κ1) is 16.2. The van der Waals surface area contributed by atoms with Gasteiger partial charge in [-0.2, -0.15) is 5.10 Å². The number of benzene rings is 1. The van der Waals surface area contributed by atoms with Gasteiger partial charge in [-0.3, -0.25) is 0 Å². The lowest BCUT2D eigenvalue weighted by Crippen LogP contribution is -2.12. The second kappa shape index (κ2) is 6.61. The molecule has 0 saturated heterocycles. The summed E-state index contributed by atoms with van der Waals surface area (Å²) in [5.74, 6) is 2.03. The predicted octanol–water partition coefficient (Wildman–Crippen LogP) is 5.75. The van der Waals surface area contributed by atoms with Crippen LogP contribution in [0.1, 0.15) is 74.7 Å². The normalized spacial score (nSPS) is 18.3. The summed E-state index contributed by atoms with van der Waals surface area (Å²) in [7, 11) is 0. The Morgan fingerprint density at radius 1 is 1.00 bits per heavy atom. The molecule has 0 radical (unpaired) electrons. The van der Waals surface area contributed by atoms with Gasteiger partial charge in [-0.1, -0.05) is 50.5 Å². The van der Waals surface area contributed by atoms with Crippen molar-refractivity contribution >= 4 is 5.65 Å². The average Bonchev–Trinajstić information content (AvgIpc) is 3.13. The van der Waals surface area contributed by atoms with Crippen LogP contribution in [-0.2, 0) is 19.4 Å². The van der Waals surface area contributed by atoms with Crippen LogP contribution in [0.3, 0.4) is 0 Å². The van der Waals surface area contributed by atoms with Crippen molar-refractivity contribution in [3.8, 4) is 11.1 Å². The van der Waals surface area contributed by atoms with Gasteiger partial charge >= 0.3 is 0 Å². The van der Waals surface area contributed by atoms with Crippen molar-refractivity contribution in [1.82, 2.24) is 14.2 Å². The maximum Gasteiger partial charge on any atom is 0.139 e. The van der Waals surface area contributed by atoms with Gasteiger partial charge in [-0.05, 0) is 49.7 Å². The Morgan fingerprint density at radius 3 is 2.58 bits per heavy atom. The maximum atomic E-state index is 5.11. The van der Waals surface area contributed by atoms with Crippen LogP contribution >= 0.6 is 0 Å². The lowest BCUT2D eigenvalue weighted by molar-refractivity contribution is 0.413. The fourth-order valence-electron chi connectivity index (χ4n) is 5.03. The molecule has 1 fully saturated rings. The van der Waals surface area contributed by atoms with E-state index in [1.165, 1.54) is 85.1 Å². The van der Waals surface area contributed by atoms with E-state index in [9.17, 15) is 0 Å². The summed E-state index contributed by atoms with van der Waals surface area (Å²) >= 11 is 0. The molecule has 0 amide bonds. The van der Waals surface area contributed by atoms with Crippen molar-refractivity contribution in [1.29, 1.82) is 0 Å². The first-order valence-corrected chi connectivity index (χ1v) is 10.5. The zero-order valence-corrected chi connectivity index (χ0v) is 15.9. The first-order chi connectivity index (χ1) is 12.8. The summed E-state index contributed by atoms with van der Waals surface area (Å²) in [5.41, 5.74) is 7.03. The highest BCUT2D eigenvalue weighted by Gasteiger charge is 2.27. The molecule has 1 saturated carbocycles. The number of hydrogen-bond acceptors (Lipinski definition) is 1. The minimum Gasteiger partial charge on any atom is -0.313 e. The minimum absolute atomic E-state index is 0.668. The van der Waals surface area contributed by atoms with Crippen LogP contribution in [-0.4, -0.2) is 14.2 Å². The molecular weight excluding hydrogens is 318 g/mol. The predicted molar refractivity (Wildman–Crippen MR) is 107 cm³/mol. The SMILES string of the molecule is CCc1ccc(-c2cn3nc(C4CCCCC4)n4c3c2CCCC4)cc1. The quantitative estimate of drug-likeness (QED) is 0.591. The summed E-state index contributed by atoms with van der Waals surface area (Å²) < 4.78 is 4.77. The molecule has 5 rings (SSSR count). The molecule has 0 atom stereocenters. The third kappa shape index (κ3) is 2.60. The number of aryl methyl sites for hydroxylation is 3. The molecule has 26 heavy (non-hydrogen) atoms. The van der Waals surface area contributed by atoms with E-state index in [4.69, 9.17) is 5.10 Å². The van der Waals surface area contributed by atoms with Gasteiger partial charge in [0.05, 0.1) is 0 Å². The van der Waals surface area contributed by atoms with Crippen molar-refractivity contribution in [2.75, 3.05) is 0 Å². The lowest BCUT2D eigenvalue weighted by atomic mass is 9.88. The number of nitrogens with zero attached hydrogens (tertiary/aromatic N) is 3. The maximum absolute atomic E-state index is 5.11. The van der Waals surface area contributed by atoms with Crippen LogP contribution in [0.25, 0.3) is 16.8 Å². The Balaban J connectivity index is 1.62. The molecule has 3 aromatic rings. The third-order valence-electron chi connectivity index (χ3n) is 6.51. The highest BCUT2D eigenvalue weighted by atomic mass is 15.3. The largest absolute Gasteiger partial charge is 0.313 e. The van der Waals surface area contributed by atoms with Crippen molar-refractivity contribution in [2.24, 2.45) is 0 Å². The molecule has 3 heteroatoms. The Kier molecular flexibility index (Phi) is 4.11. The average molecular weight is 348 g/mol. The highest BCUT2D eigenvalue weighted by molar-refractivity contribution is 5.75. The van der Waals surface area contributed by atoms with Crippen LogP contribution in [0.2, 0.25) is 0 Å². The molecule has 1 aliphatic carbocycles. The molecule has 136 valence electrons. The van der Waals surface area contributed by atoms with Crippen molar-refractivity contribution in [3.63, 3.8) is 0 Å². The summed E-state index contributed by atoms with van der Waals surface area (Å²) in [6.45, 7) is 3.36. The standard InChI is InChI=1S/C23H29N3/c1-2-17-11-13-18(14-12-17)21-16-26-23-20(21)10-6-7-15-25(23)22(24-26)19-8-4-3-5-9-19/h11-14,16,19H,2-10,15H2,1H3. The van der Waals surface area contributed by atoms with E-state index in [0.29, 0.717) is 5.92 Å². The second-order valence-electron chi connectivity index (χ2n) is 8.14. The van der Waals surface area contributed by atoms with Crippen molar-refractivity contribution < 1.29 is 0 Å². The summed E-state index contributed by atoms with van der Waals surface area (Å²) in [4.78, 5) is 0. The number of rotatable bonds is 3. The van der Waals surface area contributed by atoms with Crippen LogP contribution in [0.5, 0.6) is 0 Å². The zero-order chi connectivity index (χ0) is 17.5. The summed E-state index contributed by atoms with van der Waals surface area (Å²) in [6.07, 6.45) is 13.9. The number of hydrogen-bond donors (Lipinski definition) is 0. The molecule has 2 aromatic heterocycles. The molecule has 2 aliphatic rings. The summed E-state index contributed by atoms with van der Waals surface area (Å²) in [6, 6.07) is 9.13. The second-order valence-corrected chi connectivity index (χ2v) is 8.14. The molecule has 0 unspecified atom stereocenters. The molecule has 3 heterocycles. The van der Waals surface area contributed by atoms with Crippen LogP contribution in [0, 0.1) is 0 Å². The minimum atomic E-state index is 0.668. The van der Waals surface area contributed by atoms with Crippen molar-refractivity contribution in [3.05, 3.63) is 47.4 Å². The van der Waals surface area contributed by atoms with Gasteiger partial charge in [-0.15, -0.1) is 0 Å². The Hall–Kier alpha value is -2.03. The van der Waals surface area contributed by atoms with Crippen molar-refractivity contribution in [2.45, 2.75) is 77.2 Å². The zero-order valence-electron chi connectivity index (χ0n) is 15.9. The Bertz CT molecular complexity index is 907. The fourth-order valence-corrected chi connectivity index (χ4v) is 5.03. The highest BCUT2D eigenvalue weighted by Crippen LogP contribution is 2.37. The van der Waals surface area contributed by atoms with Crippen LogP contribution < -0.4 is 0 Å². The van der Waals surface area contributed by atoms with Gasteiger partial charge in [0.2, 0.25) is 0 Å².